The van der Waals surface area contributed by atoms with E-state index in [9.17, 15) is 4.39 Å². The molecule has 0 heterocycles. The second kappa shape index (κ2) is 6.21. The molecule has 1 unspecified atom stereocenters. The second-order valence-electron chi connectivity index (χ2n) is 4.95. The molecule has 0 bridgehead atoms. The lowest BCUT2D eigenvalue weighted by molar-refractivity contribution is 0.588. The van der Waals surface area contributed by atoms with Crippen molar-refractivity contribution in [3.8, 4) is 0 Å². The number of alkyl halides is 1. The molecule has 0 nitrogen and oxygen atoms in total. The summed E-state index contributed by atoms with van der Waals surface area (Å²) in [7, 11) is 0. The Morgan fingerprint density at radius 2 is 1.63 bits per heavy atom. The first-order valence-corrected chi connectivity index (χ1v) is 7.02. The summed E-state index contributed by atoms with van der Waals surface area (Å²) in [5.41, 5.74) is 4.47. The molecule has 0 amide bonds. The monoisotopic (exact) mass is 276 g/mol. The van der Waals surface area contributed by atoms with E-state index in [1.165, 1.54) is 22.8 Å². The largest absolute Gasteiger partial charge is 0.207 e. The smallest absolute Gasteiger partial charge is 0.126 e. The molecule has 0 spiro atoms. The maximum absolute atomic E-state index is 13.9. The number of aryl methyl sites for hydroxylation is 2. The zero-order valence-electron chi connectivity index (χ0n) is 11.3. The molecule has 0 radical (unpaired) electrons. The van der Waals surface area contributed by atoms with Gasteiger partial charge in [0.1, 0.15) is 5.82 Å². The zero-order valence-corrected chi connectivity index (χ0v) is 12.0. The molecule has 0 aromatic heterocycles. The van der Waals surface area contributed by atoms with Crippen molar-refractivity contribution in [1.82, 2.24) is 0 Å². The van der Waals surface area contributed by atoms with E-state index >= 15 is 0 Å². The van der Waals surface area contributed by atoms with E-state index in [0.29, 0.717) is 11.4 Å². The fraction of sp³-hybridized carbons (Fsp3) is 0.294. The van der Waals surface area contributed by atoms with Crippen LogP contribution < -0.4 is 0 Å². The van der Waals surface area contributed by atoms with Gasteiger partial charge in [0.2, 0.25) is 0 Å². The summed E-state index contributed by atoms with van der Waals surface area (Å²) in [5, 5.41) is 0. The minimum absolute atomic E-state index is 0.0164. The molecular formula is C17H18ClF. The molecule has 19 heavy (non-hydrogen) atoms. The summed E-state index contributed by atoms with van der Waals surface area (Å²) in [6.07, 6.45) is 0.781. The highest BCUT2D eigenvalue weighted by Crippen LogP contribution is 2.27. The van der Waals surface area contributed by atoms with Gasteiger partial charge in [-0.2, -0.15) is 0 Å². The van der Waals surface area contributed by atoms with Gasteiger partial charge in [0.05, 0.1) is 0 Å². The molecule has 1 atom stereocenters. The third kappa shape index (κ3) is 3.16. The van der Waals surface area contributed by atoms with Crippen molar-refractivity contribution in [1.29, 1.82) is 0 Å². The fourth-order valence-corrected chi connectivity index (χ4v) is 2.75. The van der Waals surface area contributed by atoms with E-state index in [2.05, 4.69) is 26.0 Å². The van der Waals surface area contributed by atoms with Gasteiger partial charge in [0, 0.05) is 11.8 Å². The van der Waals surface area contributed by atoms with E-state index in [4.69, 9.17) is 11.6 Å². The van der Waals surface area contributed by atoms with E-state index in [1.54, 1.807) is 6.07 Å². The van der Waals surface area contributed by atoms with Crippen molar-refractivity contribution in [2.45, 2.75) is 26.2 Å². The molecule has 2 heteroatoms. The van der Waals surface area contributed by atoms with Gasteiger partial charge >= 0.3 is 0 Å². The van der Waals surface area contributed by atoms with E-state index in [1.807, 2.05) is 18.2 Å². The van der Waals surface area contributed by atoms with Crippen molar-refractivity contribution in [3.63, 3.8) is 0 Å². The molecule has 0 aliphatic rings. The zero-order chi connectivity index (χ0) is 13.8. The van der Waals surface area contributed by atoms with Crippen LogP contribution in [0.4, 0.5) is 4.39 Å². The summed E-state index contributed by atoms with van der Waals surface area (Å²) in [6, 6.07) is 13.1. The van der Waals surface area contributed by atoms with Crippen molar-refractivity contribution >= 4 is 11.6 Å². The quantitative estimate of drug-likeness (QED) is 0.689. The summed E-state index contributed by atoms with van der Waals surface area (Å²) >= 11 is 6.06. The molecule has 0 N–H and O–H groups in total. The van der Waals surface area contributed by atoms with Gasteiger partial charge in [-0.15, -0.1) is 11.6 Å². The molecular weight excluding hydrogens is 259 g/mol. The van der Waals surface area contributed by atoms with Crippen LogP contribution in [0.1, 0.15) is 28.2 Å². The number of benzene rings is 2. The lowest BCUT2D eigenvalue weighted by Crippen LogP contribution is -2.09. The first-order chi connectivity index (χ1) is 9.13. The maximum atomic E-state index is 13.9. The highest BCUT2D eigenvalue weighted by atomic mass is 35.5. The van der Waals surface area contributed by atoms with Crippen LogP contribution in [0.2, 0.25) is 0 Å². The van der Waals surface area contributed by atoms with Gasteiger partial charge in [-0.1, -0.05) is 36.4 Å². The van der Waals surface area contributed by atoms with E-state index in [-0.39, 0.29) is 11.7 Å². The SMILES string of the molecule is Cc1cccc(C)c1CC(CCl)c1ccccc1F. The summed E-state index contributed by atoms with van der Waals surface area (Å²) in [6.45, 7) is 4.18. The van der Waals surface area contributed by atoms with Gasteiger partial charge in [0.15, 0.2) is 0 Å². The third-order valence-corrected chi connectivity index (χ3v) is 4.00. The third-order valence-electron chi connectivity index (χ3n) is 3.63. The molecule has 0 aliphatic heterocycles. The lowest BCUT2D eigenvalue weighted by atomic mass is 9.89. The average Bonchev–Trinajstić information content (AvgIpc) is 2.40. The molecule has 0 saturated heterocycles. The lowest BCUT2D eigenvalue weighted by Gasteiger charge is -2.18. The van der Waals surface area contributed by atoms with Crippen LogP contribution >= 0.6 is 11.6 Å². The number of hydrogen-bond acceptors (Lipinski definition) is 0. The molecule has 0 aliphatic carbocycles. The minimum atomic E-state index is -0.167. The summed E-state index contributed by atoms with van der Waals surface area (Å²) in [5.74, 6) is 0.274. The normalized spacial score (nSPS) is 12.4. The van der Waals surface area contributed by atoms with E-state index in [0.717, 1.165) is 6.42 Å². The van der Waals surface area contributed by atoms with Crippen LogP contribution in [0.25, 0.3) is 0 Å². The topological polar surface area (TPSA) is 0 Å². The van der Waals surface area contributed by atoms with E-state index < -0.39 is 0 Å². The Bertz CT molecular complexity index is 543. The Morgan fingerprint density at radius 3 is 2.21 bits per heavy atom. The molecule has 0 saturated carbocycles. The van der Waals surface area contributed by atoms with Gasteiger partial charge in [-0.3, -0.25) is 0 Å². The van der Waals surface area contributed by atoms with Crippen LogP contribution in [0.15, 0.2) is 42.5 Å². The predicted molar refractivity (Wildman–Crippen MR) is 79.5 cm³/mol. The van der Waals surface area contributed by atoms with Gasteiger partial charge in [-0.25, -0.2) is 4.39 Å². The number of halogens is 2. The van der Waals surface area contributed by atoms with Crippen molar-refractivity contribution in [2.75, 3.05) is 5.88 Å². The van der Waals surface area contributed by atoms with Crippen LogP contribution in [-0.2, 0) is 6.42 Å². The van der Waals surface area contributed by atoms with Crippen LogP contribution in [0, 0.1) is 19.7 Å². The van der Waals surface area contributed by atoms with Crippen LogP contribution in [-0.4, -0.2) is 5.88 Å². The standard InChI is InChI=1S/C17H18ClF/c1-12-6-5-7-13(2)16(12)10-14(11-18)15-8-3-4-9-17(15)19/h3-9,14H,10-11H2,1-2H3. The summed E-state index contributed by atoms with van der Waals surface area (Å²) < 4.78 is 13.9. The second-order valence-corrected chi connectivity index (χ2v) is 5.26. The van der Waals surface area contributed by atoms with Gasteiger partial charge < -0.3 is 0 Å². The molecule has 2 aromatic carbocycles. The predicted octanol–water partition coefficient (Wildman–Crippen LogP) is 5.01. The minimum Gasteiger partial charge on any atom is -0.207 e. The first kappa shape index (κ1) is 14.1. The summed E-state index contributed by atoms with van der Waals surface area (Å²) in [4.78, 5) is 0. The van der Waals surface area contributed by atoms with Crippen molar-refractivity contribution < 1.29 is 4.39 Å². The molecule has 100 valence electrons. The molecule has 2 rings (SSSR count). The Balaban J connectivity index is 2.32. The van der Waals surface area contributed by atoms with Gasteiger partial charge in [-0.05, 0) is 48.6 Å². The maximum Gasteiger partial charge on any atom is 0.126 e. The molecule has 0 fully saturated rings. The van der Waals surface area contributed by atoms with Crippen LogP contribution in [0.5, 0.6) is 0 Å². The Morgan fingerprint density at radius 1 is 1.00 bits per heavy atom. The first-order valence-electron chi connectivity index (χ1n) is 6.49. The average molecular weight is 277 g/mol. The van der Waals surface area contributed by atoms with Crippen molar-refractivity contribution in [2.24, 2.45) is 0 Å². The highest BCUT2D eigenvalue weighted by Gasteiger charge is 2.17. The Labute approximate surface area is 119 Å². The highest BCUT2D eigenvalue weighted by molar-refractivity contribution is 6.18. The van der Waals surface area contributed by atoms with Gasteiger partial charge in [0.25, 0.3) is 0 Å². The molecule has 2 aromatic rings. The van der Waals surface area contributed by atoms with Crippen molar-refractivity contribution in [3.05, 3.63) is 70.5 Å². The fourth-order valence-electron chi connectivity index (χ4n) is 2.47. The Hall–Kier alpha value is -1.34. The number of rotatable bonds is 4. The Kier molecular flexibility index (Phi) is 4.60. The number of hydrogen-bond donors (Lipinski definition) is 0. The van der Waals surface area contributed by atoms with Crippen LogP contribution in [0.3, 0.4) is 0 Å².